The van der Waals surface area contributed by atoms with Gasteiger partial charge in [-0.3, -0.25) is 0 Å². The molecule has 2 heteroatoms. The molecule has 2 aromatic carbocycles. The number of aryl methyl sites for hydroxylation is 1. The van der Waals surface area contributed by atoms with Gasteiger partial charge in [0.2, 0.25) is 0 Å². The van der Waals surface area contributed by atoms with Crippen molar-refractivity contribution in [3.05, 3.63) is 63.2 Å². The summed E-state index contributed by atoms with van der Waals surface area (Å²) >= 11 is 2.31. The van der Waals surface area contributed by atoms with Crippen LogP contribution in [-0.2, 0) is 0 Å². The molecule has 2 rings (SSSR count). The second-order valence-corrected chi connectivity index (χ2v) is 5.33. The van der Waals surface area contributed by atoms with Crippen LogP contribution in [0.2, 0.25) is 0 Å². The molecule has 1 atom stereocenters. The van der Waals surface area contributed by atoms with Gasteiger partial charge in [-0.15, -0.1) is 0 Å². The predicted octanol–water partition coefficient (Wildman–Crippen LogP) is 4.74. The summed E-state index contributed by atoms with van der Waals surface area (Å²) in [6.45, 7) is 4.15. The third-order valence-corrected chi connectivity index (χ3v) is 3.38. The highest BCUT2D eigenvalue weighted by molar-refractivity contribution is 14.1. The van der Waals surface area contributed by atoms with Crippen molar-refractivity contribution in [2.24, 2.45) is 0 Å². The lowest BCUT2D eigenvalue weighted by Crippen LogP contribution is -2.03. The van der Waals surface area contributed by atoms with E-state index in [2.05, 4.69) is 60.7 Å². The lowest BCUT2D eigenvalue weighted by molar-refractivity contribution is 0.225. The molecule has 1 nitrogen and oxygen atoms in total. The topological polar surface area (TPSA) is 9.23 Å². The largest absolute Gasteiger partial charge is 0.486 e. The van der Waals surface area contributed by atoms with Crippen molar-refractivity contribution in [2.45, 2.75) is 20.0 Å². The van der Waals surface area contributed by atoms with Crippen molar-refractivity contribution in [1.82, 2.24) is 0 Å². The van der Waals surface area contributed by atoms with E-state index in [-0.39, 0.29) is 6.10 Å². The van der Waals surface area contributed by atoms with E-state index in [1.165, 1.54) is 14.7 Å². The van der Waals surface area contributed by atoms with E-state index in [4.69, 9.17) is 4.74 Å². The summed E-state index contributed by atoms with van der Waals surface area (Å²) in [7, 11) is 0. The van der Waals surface area contributed by atoms with Crippen LogP contribution in [0.1, 0.15) is 24.2 Å². The molecular formula is C15H15IO. The van der Waals surface area contributed by atoms with Gasteiger partial charge in [0.1, 0.15) is 11.9 Å². The number of benzene rings is 2. The Morgan fingerprint density at radius 1 is 1.06 bits per heavy atom. The van der Waals surface area contributed by atoms with E-state index in [1.807, 2.05) is 24.3 Å². The molecule has 17 heavy (non-hydrogen) atoms. The highest BCUT2D eigenvalue weighted by atomic mass is 127. The van der Waals surface area contributed by atoms with Crippen LogP contribution in [0, 0.1) is 10.5 Å². The van der Waals surface area contributed by atoms with Gasteiger partial charge in [-0.05, 0) is 65.8 Å². The maximum absolute atomic E-state index is 5.98. The zero-order valence-electron chi connectivity index (χ0n) is 9.98. The molecule has 0 heterocycles. The summed E-state index contributed by atoms with van der Waals surface area (Å²) in [6, 6.07) is 16.5. The molecule has 88 valence electrons. The highest BCUT2D eigenvalue weighted by Gasteiger charge is 2.08. The van der Waals surface area contributed by atoms with Crippen molar-refractivity contribution < 1.29 is 4.74 Å². The summed E-state index contributed by atoms with van der Waals surface area (Å²) in [4.78, 5) is 0. The van der Waals surface area contributed by atoms with Gasteiger partial charge < -0.3 is 4.74 Å². The summed E-state index contributed by atoms with van der Waals surface area (Å²) in [6.07, 6.45) is 0.0787. The van der Waals surface area contributed by atoms with Crippen LogP contribution in [0.5, 0.6) is 5.75 Å². The fourth-order valence-electron chi connectivity index (χ4n) is 1.73. The van der Waals surface area contributed by atoms with Crippen LogP contribution in [-0.4, -0.2) is 0 Å². The average Bonchev–Trinajstić information content (AvgIpc) is 2.34. The molecule has 0 fully saturated rings. The second kappa shape index (κ2) is 5.54. The van der Waals surface area contributed by atoms with Crippen molar-refractivity contribution in [3.63, 3.8) is 0 Å². The SMILES string of the molecule is Cc1cc(I)ccc1O[C@@H](C)c1ccccc1. The second-order valence-electron chi connectivity index (χ2n) is 4.08. The molecule has 0 aromatic heterocycles. The number of halogens is 1. The summed E-state index contributed by atoms with van der Waals surface area (Å²) in [5.41, 5.74) is 2.38. The Balaban J connectivity index is 2.16. The third-order valence-electron chi connectivity index (χ3n) is 2.71. The molecule has 0 saturated heterocycles. The van der Waals surface area contributed by atoms with Crippen LogP contribution < -0.4 is 4.74 Å². The quantitative estimate of drug-likeness (QED) is 0.735. The van der Waals surface area contributed by atoms with E-state index in [0.29, 0.717) is 0 Å². The Bertz CT molecular complexity index is 494. The van der Waals surface area contributed by atoms with Gasteiger partial charge >= 0.3 is 0 Å². The Hall–Kier alpha value is -1.03. The molecular weight excluding hydrogens is 323 g/mol. The smallest absolute Gasteiger partial charge is 0.123 e. The number of rotatable bonds is 3. The van der Waals surface area contributed by atoms with Gasteiger partial charge in [-0.25, -0.2) is 0 Å². The van der Waals surface area contributed by atoms with Gasteiger partial charge in [-0.2, -0.15) is 0 Å². The number of hydrogen-bond acceptors (Lipinski definition) is 1. The minimum Gasteiger partial charge on any atom is -0.486 e. The Kier molecular flexibility index (Phi) is 4.05. The number of ether oxygens (including phenoxy) is 1. The molecule has 0 unspecified atom stereocenters. The van der Waals surface area contributed by atoms with E-state index < -0.39 is 0 Å². The van der Waals surface area contributed by atoms with Crippen LogP contribution >= 0.6 is 22.6 Å². The first-order valence-electron chi connectivity index (χ1n) is 5.64. The maximum Gasteiger partial charge on any atom is 0.123 e. The maximum atomic E-state index is 5.98. The summed E-state index contributed by atoms with van der Waals surface area (Å²) in [5, 5.41) is 0. The minimum atomic E-state index is 0.0787. The summed E-state index contributed by atoms with van der Waals surface area (Å²) in [5.74, 6) is 0.960. The van der Waals surface area contributed by atoms with Crippen LogP contribution in [0.3, 0.4) is 0 Å². The van der Waals surface area contributed by atoms with Crippen LogP contribution in [0.4, 0.5) is 0 Å². The van der Waals surface area contributed by atoms with E-state index in [0.717, 1.165) is 5.75 Å². The van der Waals surface area contributed by atoms with Crippen molar-refractivity contribution in [3.8, 4) is 5.75 Å². The molecule has 0 amide bonds. The van der Waals surface area contributed by atoms with Gasteiger partial charge in [0.05, 0.1) is 0 Å². The van der Waals surface area contributed by atoms with Gasteiger partial charge in [0.15, 0.2) is 0 Å². The molecule has 0 spiro atoms. The first kappa shape index (κ1) is 12.4. The van der Waals surface area contributed by atoms with Crippen LogP contribution in [0.25, 0.3) is 0 Å². The third kappa shape index (κ3) is 3.22. The number of hydrogen-bond donors (Lipinski definition) is 0. The Morgan fingerprint density at radius 3 is 2.41 bits per heavy atom. The van der Waals surface area contributed by atoms with Crippen molar-refractivity contribution in [1.29, 1.82) is 0 Å². The van der Waals surface area contributed by atoms with Gasteiger partial charge in [-0.1, -0.05) is 30.3 Å². The molecule has 2 aromatic rings. The normalized spacial score (nSPS) is 12.2. The summed E-state index contributed by atoms with van der Waals surface area (Å²) < 4.78 is 7.22. The van der Waals surface area contributed by atoms with Crippen molar-refractivity contribution in [2.75, 3.05) is 0 Å². The van der Waals surface area contributed by atoms with Crippen molar-refractivity contribution >= 4 is 22.6 Å². The molecule has 0 aliphatic heterocycles. The predicted molar refractivity (Wildman–Crippen MR) is 79.4 cm³/mol. The van der Waals surface area contributed by atoms with Gasteiger partial charge in [0.25, 0.3) is 0 Å². The standard InChI is InChI=1S/C15H15IO/c1-11-10-14(16)8-9-15(11)17-12(2)13-6-4-3-5-7-13/h3-10,12H,1-2H3/t12-/m0/s1. The average molecular weight is 338 g/mol. The zero-order chi connectivity index (χ0) is 12.3. The Labute approximate surface area is 116 Å². The molecule has 0 bridgehead atoms. The van der Waals surface area contributed by atoms with E-state index in [9.17, 15) is 0 Å². The molecule has 0 aliphatic rings. The lowest BCUT2D eigenvalue weighted by atomic mass is 10.1. The van der Waals surface area contributed by atoms with E-state index in [1.54, 1.807) is 0 Å². The fraction of sp³-hybridized carbons (Fsp3) is 0.200. The molecule has 0 radical (unpaired) electrons. The minimum absolute atomic E-state index is 0.0787. The monoisotopic (exact) mass is 338 g/mol. The highest BCUT2D eigenvalue weighted by Crippen LogP contribution is 2.25. The fourth-order valence-corrected chi connectivity index (χ4v) is 2.37. The molecule has 0 aliphatic carbocycles. The first-order chi connectivity index (χ1) is 8.16. The van der Waals surface area contributed by atoms with Crippen LogP contribution in [0.15, 0.2) is 48.5 Å². The zero-order valence-corrected chi connectivity index (χ0v) is 12.1. The lowest BCUT2D eigenvalue weighted by Gasteiger charge is -2.16. The Morgan fingerprint density at radius 2 is 1.76 bits per heavy atom. The first-order valence-corrected chi connectivity index (χ1v) is 6.72. The van der Waals surface area contributed by atoms with Gasteiger partial charge in [0, 0.05) is 3.57 Å². The molecule has 0 N–H and O–H groups in total. The molecule has 0 saturated carbocycles. The van der Waals surface area contributed by atoms with E-state index >= 15 is 0 Å².